The standard InChI is InChI=1S/C7H12N3/c1-3-6-4-9-7(8-2)10-5-6/h4H,3,5H2,1-2H3,(H-,8,9,10)/q-1. The predicted octanol–water partition coefficient (Wildman–Crippen LogP) is 1.24. The van der Waals surface area contributed by atoms with Crippen molar-refractivity contribution < 1.29 is 0 Å². The van der Waals surface area contributed by atoms with Gasteiger partial charge in [-0.3, -0.25) is 0 Å². The molecule has 3 nitrogen and oxygen atoms in total. The van der Waals surface area contributed by atoms with Gasteiger partial charge in [0.05, 0.1) is 0 Å². The average molecular weight is 138 g/mol. The molecule has 1 heterocycles. The molecule has 0 atom stereocenters. The van der Waals surface area contributed by atoms with Gasteiger partial charge in [0, 0.05) is 12.5 Å². The predicted molar refractivity (Wildman–Crippen MR) is 43.1 cm³/mol. The molecule has 3 heteroatoms. The maximum absolute atomic E-state index is 4.17. The molecule has 0 saturated carbocycles. The van der Waals surface area contributed by atoms with Crippen LogP contribution < -0.4 is 5.32 Å². The first-order chi connectivity index (χ1) is 4.86. The maximum Gasteiger partial charge on any atom is 0.00996 e. The van der Waals surface area contributed by atoms with Crippen LogP contribution in [-0.4, -0.2) is 19.6 Å². The minimum Gasteiger partial charge on any atom is -0.418 e. The van der Waals surface area contributed by atoms with Crippen molar-refractivity contribution in [1.82, 2.24) is 5.32 Å². The van der Waals surface area contributed by atoms with Crippen molar-refractivity contribution in [3.8, 4) is 0 Å². The van der Waals surface area contributed by atoms with Crippen LogP contribution in [0.3, 0.4) is 0 Å². The van der Waals surface area contributed by atoms with Gasteiger partial charge in [-0.25, -0.2) is 0 Å². The molecular formula is C7H12N3-. The van der Waals surface area contributed by atoms with E-state index in [2.05, 4.69) is 22.5 Å². The van der Waals surface area contributed by atoms with Crippen LogP contribution >= 0.6 is 0 Å². The Morgan fingerprint density at radius 1 is 1.80 bits per heavy atom. The van der Waals surface area contributed by atoms with Crippen LogP contribution in [0.15, 0.2) is 16.8 Å². The van der Waals surface area contributed by atoms with E-state index >= 15 is 0 Å². The number of nitrogens with zero attached hydrogens (tertiary/aromatic N) is 2. The molecule has 0 aliphatic carbocycles. The second-order valence-corrected chi connectivity index (χ2v) is 2.16. The quantitative estimate of drug-likeness (QED) is 0.581. The lowest BCUT2D eigenvalue weighted by Gasteiger charge is -2.24. The van der Waals surface area contributed by atoms with Crippen LogP contribution in [0.5, 0.6) is 0 Å². The lowest BCUT2D eigenvalue weighted by Crippen LogP contribution is -2.22. The highest BCUT2D eigenvalue weighted by atomic mass is 15.2. The van der Waals surface area contributed by atoms with Gasteiger partial charge in [0.15, 0.2) is 0 Å². The summed E-state index contributed by atoms with van der Waals surface area (Å²) in [6.45, 7) is 2.92. The second kappa shape index (κ2) is 3.25. The first-order valence-electron chi connectivity index (χ1n) is 3.45. The largest absolute Gasteiger partial charge is 0.418 e. The summed E-state index contributed by atoms with van der Waals surface area (Å²) in [4.78, 5) is 3.91. The number of guanidine groups is 1. The molecule has 1 N–H and O–H groups in total. The van der Waals surface area contributed by atoms with Crippen LogP contribution in [0.1, 0.15) is 13.3 Å². The number of nitrogens with one attached hydrogen (secondary N) is 1. The highest BCUT2D eigenvalue weighted by molar-refractivity contribution is 5.94. The Hall–Kier alpha value is -0.990. The lowest BCUT2D eigenvalue weighted by molar-refractivity contribution is 0.996. The van der Waals surface area contributed by atoms with E-state index in [9.17, 15) is 0 Å². The van der Waals surface area contributed by atoms with E-state index in [0.717, 1.165) is 18.9 Å². The molecule has 56 valence electrons. The van der Waals surface area contributed by atoms with Gasteiger partial charge in [-0.05, 0) is 13.5 Å². The van der Waals surface area contributed by atoms with Crippen LogP contribution in [-0.2, 0) is 0 Å². The van der Waals surface area contributed by atoms with E-state index in [1.165, 1.54) is 5.57 Å². The Morgan fingerprint density at radius 3 is 3.00 bits per heavy atom. The van der Waals surface area contributed by atoms with Gasteiger partial charge in [-0.15, -0.1) is 0 Å². The van der Waals surface area contributed by atoms with Gasteiger partial charge < -0.3 is 15.6 Å². The van der Waals surface area contributed by atoms with Crippen LogP contribution in [0.4, 0.5) is 0 Å². The molecule has 1 aliphatic rings. The molecule has 0 unspecified atom stereocenters. The van der Waals surface area contributed by atoms with E-state index < -0.39 is 0 Å². The Kier molecular flexibility index (Phi) is 2.31. The SMILES string of the molecule is CCC1=CNC(=NC)[N-]C1. The molecule has 1 rings (SSSR count). The van der Waals surface area contributed by atoms with Gasteiger partial charge in [0.2, 0.25) is 0 Å². The third-order valence-electron chi connectivity index (χ3n) is 1.50. The van der Waals surface area contributed by atoms with Gasteiger partial charge >= 0.3 is 0 Å². The highest BCUT2D eigenvalue weighted by Crippen LogP contribution is 2.07. The molecular weight excluding hydrogens is 126 g/mol. The van der Waals surface area contributed by atoms with E-state index in [4.69, 9.17) is 0 Å². The summed E-state index contributed by atoms with van der Waals surface area (Å²) in [7, 11) is 1.73. The lowest BCUT2D eigenvalue weighted by atomic mass is 10.2. The van der Waals surface area contributed by atoms with Crippen molar-refractivity contribution in [2.24, 2.45) is 4.99 Å². The molecule has 0 amide bonds. The minimum atomic E-state index is 0.734. The van der Waals surface area contributed by atoms with Crippen molar-refractivity contribution in [3.05, 3.63) is 17.1 Å². The van der Waals surface area contributed by atoms with Crippen LogP contribution in [0.2, 0.25) is 0 Å². The zero-order valence-electron chi connectivity index (χ0n) is 6.39. The molecule has 0 aromatic heterocycles. The summed E-state index contributed by atoms with van der Waals surface area (Å²) in [6, 6.07) is 0. The van der Waals surface area contributed by atoms with E-state index in [-0.39, 0.29) is 0 Å². The molecule has 0 bridgehead atoms. The minimum absolute atomic E-state index is 0.734. The fourth-order valence-corrected chi connectivity index (χ4v) is 0.783. The fraction of sp³-hybridized carbons (Fsp3) is 0.571. The first kappa shape index (κ1) is 7.12. The number of aliphatic imine (C=N–C) groups is 1. The van der Waals surface area contributed by atoms with Gasteiger partial charge in [-0.2, -0.15) is 0 Å². The third kappa shape index (κ3) is 1.50. The zero-order chi connectivity index (χ0) is 7.40. The molecule has 0 aromatic rings. The Bertz CT molecular complexity index is 170. The molecule has 0 saturated heterocycles. The third-order valence-corrected chi connectivity index (χ3v) is 1.50. The number of hydrogen-bond acceptors (Lipinski definition) is 1. The number of rotatable bonds is 1. The smallest absolute Gasteiger partial charge is 0.00996 e. The molecule has 0 aromatic carbocycles. The van der Waals surface area contributed by atoms with E-state index in [1.54, 1.807) is 7.05 Å². The normalized spacial score (nSPS) is 21.4. The van der Waals surface area contributed by atoms with Gasteiger partial charge in [0.25, 0.3) is 0 Å². The second-order valence-electron chi connectivity index (χ2n) is 2.16. The molecule has 0 radical (unpaired) electrons. The number of hydrogen-bond donors (Lipinski definition) is 1. The summed E-state index contributed by atoms with van der Waals surface area (Å²) >= 11 is 0. The van der Waals surface area contributed by atoms with Crippen LogP contribution in [0, 0.1) is 0 Å². The van der Waals surface area contributed by atoms with Crippen LogP contribution in [0.25, 0.3) is 5.32 Å². The topological polar surface area (TPSA) is 38.5 Å². The van der Waals surface area contributed by atoms with Crippen molar-refractivity contribution >= 4 is 5.96 Å². The summed E-state index contributed by atoms with van der Waals surface area (Å²) in [5.41, 5.74) is 1.33. The van der Waals surface area contributed by atoms with Crippen molar-refractivity contribution in [2.45, 2.75) is 13.3 Å². The highest BCUT2D eigenvalue weighted by Gasteiger charge is 1.96. The molecule has 1 aliphatic heterocycles. The maximum atomic E-state index is 4.17. The van der Waals surface area contributed by atoms with Gasteiger partial charge in [-0.1, -0.05) is 18.7 Å². The average Bonchev–Trinajstić information content (AvgIpc) is 2.05. The van der Waals surface area contributed by atoms with Crippen molar-refractivity contribution in [2.75, 3.05) is 13.6 Å². The molecule has 0 fully saturated rings. The monoisotopic (exact) mass is 138 g/mol. The Morgan fingerprint density at radius 2 is 2.60 bits per heavy atom. The fourth-order valence-electron chi connectivity index (χ4n) is 0.783. The summed E-state index contributed by atoms with van der Waals surface area (Å²) in [5, 5.41) is 7.16. The summed E-state index contributed by atoms with van der Waals surface area (Å²) in [6.07, 6.45) is 3.04. The Balaban J connectivity index is 2.52. The summed E-state index contributed by atoms with van der Waals surface area (Å²) < 4.78 is 0. The summed E-state index contributed by atoms with van der Waals surface area (Å²) in [5.74, 6) is 0.734. The first-order valence-corrected chi connectivity index (χ1v) is 3.45. The Labute approximate surface area is 61.2 Å². The van der Waals surface area contributed by atoms with Crippen molar-refractivity contribution in [1.29, 1.82) is 0 Å². The molecule has 10 heavy (non-hydrogen) atoms. The van der Waals surface area contributed by atoms with E-state index in [1.807, 2.05) is 6.20 Å². The van der Waals surface area contributed by atoms with Crippen molar-refractivity contribution in [3.63, 3.8) is 0 Å². The zero-order valence-corrected chi connectivity index (χ0v) is 6.39. The molecule has 0 spiro atoms. The van der Waals surface area contributed by atoms with Gasteiger partial charge in [0.1, 0.15) is 0 Å². The van der Waals surface area contributed by atoms with E-state index in [0.29, 0.717) is 0 Å².